The highest BCUT2D eigenvalue weighted by atomic mass is 35.5. The number of nitrogens with zero attached hydrogens (tertiary/aromatic N) is 5. The summed E-state index contributed by atoms with van der Waals surface area (Å²) in [5.74, 6) is 1.89. The lowest BCUT2D eigenvalue weighted by Crippen LogP contribution is -2.14. The van der Waals surface area contributed by atoms with Gasteiger partial charge in [0.2, 0.25) is 0 Å². The Balaban J connectivity index is 1.54. The Hall–Kier alpha value is -3.14. The number of aryl methyl sites for hydroxylation is 1. The molecule has 166 valence electrons. The number of thiazole rings is 1. The summed E-state index contributed by atoms with van der Waals surface area (Å²) in [4.78, 5) is 17.9. The van der Waals surface area contributed by atoms with Gasteiger partial charge in [-0.15, -0.1) is 21.5 Å². The van der Waals surface area contributed by atoms with Crippen LogP contribution in [0.25, 0.3) is 22.0 Å². The molecule has 0 aliphatic carbocycles. The van der Waals surface area contributed by atoms with Gasteiger partial charge >= 0.3 is 0 Å². The van der Waals surface area contributed by atoms with E-state index in [9.17, 15) is 4.79 Å². The third-order valence-corrected chi connectivity index (χ3v) is 7.18. The average Bonchev–Trinajstić information content (AvgIpc) is 3.42. The summed E-state index contributed by atoms with van der Waals surface area (Å²) in [6.07, 6.45) is 0. The number of hydrogen-bond acceptors (Lipinski definition) is 7. The molecule has 0 saturated heterocycles. The minimum absolute atomic E-state index is 0.0782. The van der Waals surface area contributed by atoms with Crippen LogP contribution in [-0.2, 0) is 5.75 Å². The molecule has 0 radical (unpaired) electrons. The molecule has 0 bridgehead atoms. The zero-order chi connectivity index (χ0) is 22.9. The van der Waals surface area contributed by atoms with Gasteiger partial charge in [-0.1, -0.05) is 35.5 Å². The minimum Gasteiger partial charge on any atom is -0.497 e. The zero-order valence-electron chi connectivity index (χ0n) is 17.7. The molecule has 0 aliphatic heterocycles. The van der Waals surface area contributed by atoms with Crippen LogP contribution < -0.4 is 10.3 Å². The van der Waals surface area contributed by atoms with Gasteiger partial charge in [-0.05, 0) is 43.3 Å². The van der Waals surface area contributed by atoms with E-state index in [1.807, 2.05) is 65.4 Å². The molecule has 3 heterocycles. The van der Waals surface area contributed by atoms with E-state index in [2.05, 4.69) is 15.2 Å². The smallest absolute Gasteiger partial charge is 0.258 e. The molecule has 0 spiro atoms. The second-order valence-electron chi connectivity index (χ2n) is 7.22. The van der Waals surface area contributed by atoms with E-state index in [0.717, 1.165) is 22.7 Å². The van der Waals surface area contributed by atoms with Crippen molar-refractivity contribution < 1.29 is 4.74 Å². The average molecular weight is 496 g/mol. The largest absolute Gasteiger partial charge is 0.497 e. The third kappa shape index (κ3) is 4.27. The van der Waals surface area contributed by atoms with Crippen molar-refractivity contribution in [2.24, 2.45) is 0 Å². The zero-order valence-corrected chi connectivity index (χ0v) is 20.1. The normalized spacial score (nSPS) is 11.2. The Bertz CT molecular complexity index is 1510. The van der Waals surface area contributed by atoms with E-state index in [1.165, 1.54) is 23.1 Å². The standard InChI is InChI=1S/C23H18ClN5O2S2/c1-14-12-32-22-25-17(11-20(30)28(14)22)13-33-23-27-26-21(15-4-3-5-19(10-15)31-2)29(23)18-8-6-16(24)7-9-18/h3-12H,13H2,1-2H3. The van der Waals surface area contributed by atoms with E-state index in [0.29, 0.717) is 32.4 Å². The third-order valence-electron chi connectivity index (χ3n) is 5.02. The van der Waals surface area contributed by atoms with Crippen molar-refractivity contribution in [3.05, 3.63) is 86.7 Å². The first-order valence-corrected chi connectivity index (χ1v) is 12.2. The number of rotatable bonds is 6. The maximum absolute atomic E-state index is 12.5. The first-order valence-electron chi connectivity index (χ1n) is 9.99. The highest BCUT2D eigenvalue weighted by molar-refractivity contribution is 7.98. The van der Waals surface area contributed by atoms with Gasteiger partial charge in [0.25, 0.3) is 5.56 Å². The maximum Gasteiger partial charge on any atom is 0.258 e. The van der Waals surface area contributed by atoms with Crippen molar-refractivity contribution in [3.63, 3.8) is 0 Å². The number of hydrogen-bond donors (Lipinski definition) is 0. The molecule has 2 aromatic carbocycles. The van der Waals surface area contributed by atoms with Crippen LogP contribution in [0.1, 0.15) is 11.4 Å². The molecule has 0 N–H and O–H groups in total. The van der Waals surface area contributed by atoms with E-state index < -0.39 is 0 Å². The van der Waals surface area contributed by atoms with Gasteiger partial charge in [-0.25, -0.2) is 4.98 Å². The lowest BCUT2D eigenvalue weighted by atomic mass is 10.2. The van der Waals surface area contributed by atoms with Crippen LogP contribution in [-0.4, -0.2) is 31.3 Å². The van der Waals surface area contributed by atoms with E-state index in [1.54, 1.807) is 17.6 Å². The first kappa shape index (κ1) is 21.7. The molecule has 0 aliphatic rings. The molecule has 7 nitrogen and oxygen atoms in total. The summed E-state index contributed by atoms with van der Waals surface area (Å²) in [5, 5.41) is 12.2. The topological polar surface area (TPSA) is 74.3 Å². The van der Waals surface area contributed by atoms with Gasteiger partial charge in [-0.2, -0.15) is 0 Å². The summed E-state index contributed by atoms with van der Waals surface area (Å²) in [7, 11) is 1.63. The second-order valence-corrected chi connectivity index (χ2v) is 9.43. The fraction of sp³-hybridized carbons (Fsp3) is 0.130. The van der Waals surface area contributed by atoms with Crippen molar-refractivity contribution in [3.8, 4) is 22.8 Å². The van der Waals surface area contributed by atoms with Crippen LogP contribution >= 0.6 is 34.7 Å². The van der Waals surface area contributed by atoms with Crippen LogP contribution in [0, 0.1) is 6.92 Å². The molecular weight excluding hydrogens is 478 g/mol. The van der Waals surface area contributed by atoms with Crippen LogP contribution in [0.4, 0.5) is 0 Å². The van der Waals surface area contributed by atoms with Gasteiger partial charge in [0, 0.05) is 39.2 Å². The van der Waals surface area contributed by atoms with Crippen LogP contribution in [0.5, 0.6) is 5.75 Å². The predicted octanol–water partition coefficient (Wildman–Crippen LogP) is 5.27. The summed E-state index contributed by atoms with van der Waals surface area (Å²) < 4.78 is 8.97. The number of aromatic nitrogens is 5. The lowest BCUT2D eigenvalue weighted by Gasteiger charge is -2.11. The Morgan fingerprint density at radius 2 is 1.94 bits per heavy atom. The SMILES string of the molecule is COc1cccc(-c2nnc(SCc3cc(=O)n4c(C)csc4n3)n2-c2ccc(Cl)cc2)c1. The van der Waals surface area contributed by atoms with Crippen LogP contribution in [0.15, 0.2) is 69.9 Å². The molecule has 0 atom stereocenters. The maximum atomic E-state index is 12.5. The molecule has 0 saturated carbocycles. The van der Waals surface area contributed by atoms with Gasteiger partial charge in [0.15, 0.2) is 15.9 Å². The first-order chi connectivity index (χ1) is 16.0. The number of fused-ring (bicyclic) bond motifs is 1. The van der Waals surface area contributed by atoms with Gasteiger partial charge in [0.05, 0.1) is 12.8 Å². The van der Waals surface area contributed by atoms with Crippen molar-refractivity contribution in [1.82, 2.24) is 24.1 Å². The number of thioether (sulfide) groups is 1. The monoisotopic (exact) mass is 495 g/mol. The van der Waals surface area contributed by atoms with E-state index in [-0.39, 0.29) is 5.56 Å². The van der Waals surface area contributed by atoms with Gasteiger partial charge in [0.1, 0.15) is 5.75 Å². The summed E-state index contributed by atoms with van der Waals surface area (Å²) in [5.41, 5.74) is 3.25. The molecular formula is C23H18ClN5O2S2. The highest BCUT2D eigenvalue weighted by Gasteiger charge is 2.18. The van der Waals surface area contributed by atoms with Crippen LogP contribution in [0.3, 0.4) is 0 Å². The number of benzene rings is 2. The molecule has 5 aromatic rings. The Labute approximate surface area is 202 Å². The van der Waals surface area contributed by atoms with Crippen molar-refractivity contribution in [2.75, 3.05) is 7.11 Å². The van der Waals surface area contributed by atoms with Gasteiger partial charge < -0.3 is 4.74 Å². The molecule has 10 heteroatoms. The summed E-state index contributed by atoms with van der Waals surface area (Å²) in [6.45, 7) is 1.90. The Morgan fingerprint density at radius 3 is 2.73 bits per heavy atom. The Kier molecular flexibility index (Phi) is 5.92. The van der Waals surface area contributed by atoms with Crippen LogP contribution in [0.2, 0.25) is 5.02 Å². The molecule has 3 aromatic heterocycles. The van der Waals surface area contributed by atoms with Crippen molar-refractivity contribution in [2.45, 2.75) is 17.8 Å². The minimum atomic E-state index is -0.0782. The van der Waals surface area contributed by atoms with Crippen molar-refractivity contribution in [1.29, 1.82) is 0 Å². The lowest BCUT2D eigenvalue weighted by molar-refractivity contribution is 0.415. The predicted molar refractivity (Wildman–Crippen MR) is 132 cm³/mol. The second kappa shape index (κ2) is 9.01. The fourth-order valence-electron chi connectivity index (χ4n) is 3.45. The van der Waals surface area contributed by atoms with Crippen molar-refractivity contribution >= 4 is 39.7 Å². The molecule has 0 amide bonds. The van der Waals surface area contributed by atoms with Gasteiger partial charge in [-0.3, -0.25) is 13.8 Å². The highest BCUT2D eigenvalue weighted by Crippen LogP contribution is 2.31. The number of halogens is 1. The number of ether oxygens (including phenoxy) is 1. The molecule has 0 fully saturated rings. The molecule has 0 unspecified atom stereocenters. The summed E-state index contributed by atoms with van der Waals surface area (Å²) in [6, 6.07) is 16.8. The quantitative estimate of drug-likeness (QED) is 0.299. The Morgan fingerprint density at radius 1 is 1.12 bits per heavy atom. The van der Waals surface area contributed by atoms with E-state index in [4.69, 9.17) is 16.3 Å². The number of methoxy groups -OCH3 is 1. The summed E-state index contributed by atoms with van der Waals surface area (Å²) >= 11 is 9.04. The fourth-order valence-corrected chi connectivity index (χ4v) is 5.31. The molecule has 5 rings (SSSR count). The molecule has 33 heavy (non-hydrogen) atoms. The van der Waals surface area contributed by atoms with E-state index >= 15 is 0 Å².